The minimum absolute atomic E-state index is 0.0282. The molecule has 2 aromatic rings. The molecule has 2 atom stereocenters. The van der Waals surface area contributed by atoms with E-state index in [-0.39, 0.29) is 27.4 Å². The summed E-state index contributed by atoms with van der Waals surface area (Å²) in [6.45, 7) is 4.35. The lowest BCUT2D eigenvalue weighted by molar-refractivity contribution is -0.348. The Balaban J connectivity index is 1.89. The van der Waals surface area contributed by atoms with E-state index in [0.29, 0.717) is 12.1 Å². The molecule has 0 radical (unpaired) electrons. The highest BCUT2D eigenvalue weighted by molar-refractivity contribution is 6.32. The van der Waals surface area contributed by atoms with E-state index in [1.165, 1.54) is 18.2 Å². The third-order valence-corrected chi connectivity index (χ3v) is 5.84. The minimum atomic E-state index is -6.26. The molecule has 0 bridgehead atoms. The van der Waals surface area contributed by atoms with Gasteiger partial charge in [0.1, 0.15) is 17.9 Å². The van der Waals surface area contributed by atoms with Gasteiger partial charge in [-0.25, -0.2) is 4.39 Å². The van der Waals surface area contributed by atoms with Gasteiger partial charge in [-0.3, -0.25) is 10.1 Å². The van der Waals surface area contributed by atoms with Crippen molar-refractivity contribution in [1.82, 2.24) is 5.32 Å². The maximum atomic E-state index is 14.4. The number of nitrogens with zero attached hydrogens (tertiary/aromatic N) is 1. The molecule has 0 saturated carbocycles. The van der Waals surface area contributed by atoms with Crippen molar-refractivity contribution < 1.29 is 40.3 Å². The Bertz CT molecular complexity index is 1210. The quantitative estimate of drug-likeness (QED) is 0.327. The van der Waals surface area contributed by atoms with Crippen LogP contribution in [0.1, 0.15) is 47.0 Å². The number of hydrogen-bond donors (Lipinski definition) is 2. The van der Waals surface area contributed by atoms with E-state index in [0.717, 1.165) is 13.0 Å². The van der Waals surface area contributed by atoms with Crippen molar-refractivity contribution in [2.24, 2.45) is 0 Å². The molecule has 1 aliphatic heterocycles. The molecule has 3 rings (SSSR count). The monoisotopic (exact) mass is 537 g/mol. The van der Waals surface area contributed by atoms with Crippen molar-refractivity contribution in [2.45, 2.75) is 56.7 Å². The van der Waals surface area contributed by atoms with Crippen molar-refractivity contribution in [3.8, 4) is 6.07 Å². The zero-order chi connectivity index (χ0) is 27.3. The third-order valence-electron chi connectivity index (χ3n) is 5.51. The van der Waals surface area contributed by atoms with Gasteiger partial charge in [0.2, 0.25) is 0 Å². The van der Waals surface area contributed by atoms with Crippen molar-refractivity contribution in [2.75, 3.05) is 5.32 Å². The number of halogens is 8. The van der Waals surface area contributed by atoms with Crippen LogP contribution in [0.2, 0.25) is 5.02 Å². The second kappa shape index (κ2) is 9.21. The van der Waals surface area contributed by atoms with Gasteiger partial charge in [0.15, 0.2) is 0 Å². The van der Waals surface area contributed by atoms with Gasteiger partial charge in [-0.2, -0.15) is 31.6 Å². The lowest BCUT2D eigenvalue weighted by Crippen LogP contribution is -2.50. The molecule has 1 amide bonds. The highest BCUT2D eigenvalue weighted by atomic mass is 35.5. The molecule has 5 nitrogen and oxygen atoms in total. The average molecular weight is 538 g/mol. The molecule has 13 heteroatoms. The second-order valence-corrected chi connectivity index (χ2v) is 9.10. The van der Waals surface area contributed by atoms with Crippen LogP contribution in [0.4, 0.5) is 36.4 Å². The molecule has 2 unspecified atom stereocenters. The summed E-state index contributed by atoms with van der Waals surface area (Å²) in [6, 6.07) is 7.85. The Morgan fingerprint density at radius 1 is 1.06 bits per heavy atom. The van der Waals surface area contributed by atoms with Crippen LogP contribution in [-0.4, -0.2) is 30.0 Å². The fourth-order valence-electron chi connectivity index (χ4n) is 3.55. The third kappa shape index (κ3) is 5.14. The predicted molar refractivity (Wildman–Crippen MR) is 116 cm³/mol. The van der Waals surface area contributed by atoms with Crippen LogP contribution < -0.4 is 10.6 Å². The summed E-state index contributed by atoms with van der Waals surface area (Å²) in [5, 5.41) is 14.7. The van der Waals surface area contributed by atoms with E-state index in [1.807, 2.05) is 6.07 Å². The van der Waals surface area contributed by atoms with Gasteiger partial charge in [-0.1, -0.05) is 29.8 Å². The smallest absolute Gasteiger partial charge is 0.348 e. The molecule has 36 heavy (non-hydrogen) atoms. The number of aryl methyl sites for hydroxylation is 1. The van der Waals surface area contributed by atoms with E-state index in [2.05, 4.69) is 10.6 Å². The molecule has 1 saturated heterocycles. The molecule has 1 aliphatic rings. The Morgan fingerprint density at radius 2 is 1.67 bits per heavy atom. The van der Waals surface area contributed by atoms with E-state index in [4.69, 9.17) is 21.6 Å². The Labute approximate surface area is 206 Å². The lowest BCUT2D eigenvalue weighted by Gasteiger charge is -2.30. The molecule has 0 aromatic heterocycles. The molecular formula is C23H19ClF7N3O2. The van der Waals surface area contributed by atoms with Crippen LogP contribution in [0, 0.1) is 18.3 Å². The summed E-state index contributed by atoms with van der Waals surface area (Å²) < 4.78 is 98.2. The zero-order valence-electron chi connectivity index (χ0n) is 18.9. The molecule has 2 aromatic carbocycles. The van der Waals surface area contributed by atoms with Gasteiger partial charge >= 0.3 is 18.0 Å². The number of epoxide rings is 1. The highest BCUT2D eigenvalue weighted by Gasteiger charge is 2.73. The fourth-order valence-corrected chi connectivity index (χ4v) is 3.83. The molecule has 2 N–H and O–H groups in total. The number of carbonyl (C=O) groups excluding carboxylic acids is 1. The molecular weight excluding hydrogens is 519 g/mol. The predicted octanol–water partition coefficient (Wildman–Crippen LogP) is 6.48. The number of carbonyl (C=O) groups is 1. The van der Waals surface area contributed by atoms with Gasteiger partial charge < -0.3 is 10.1 Å². The van der Waals surface area contributed by atoms with Gasteiger partial charge in [-0.05, 0) is 44.5 Å². The van der Waals surface area contributed by atoms with Crippen molar-refractivity contribution in [3.63, 3.8) is 0 Å². The summed E-state index contributed by atoms with van der Waals surface area (Å²) >= 11 is 6.26. The number of anilines is 1. The van der Waals surface area contributed by atoms with Crippen molar-refractivity contribution in [1.29, 1.82) is 5.26 Å². The van der Waals surface area contributed by atoms with Crippen LogP contribution in [0.5, 0.6) is 0 Å². The molecule has 0 spiro atoms. The average Bonchev–Trinajstić information content (AvgIpc) is 3.50. The van der Waals surface area contributed by atoms with Gasteiger partial charge in [0.05, 0.1) is 6.07 Å². The Morgan fingerprint density at radius 3 is 2.19 bits per heavy atom. The second-order valence-electron chi connectivity index (χ2n) is 8.70. The number of ether oxygens (including phenoxy) is 1. The normalized spacial score (nSPS) is 18.5. The maximum absolute atomic E-state index is 14.4. The van der Waals surface area contributed by atoms with Crippen LogP contribution in [-0.2, 0) is 10.4 Å². The number of nitrogens with one attached hydrogen (secondary N) is 2. The van der Waals surface area contributed by atoms with E-state index >= 15 is 0 Å². The first kappa shape index (κ1) is 27.7. The summed E-state index contributed by atoms with van der Waals surface area (Å²) in [7, 11) is 0. The van der Waals surface area contributed by atoms with Gasteiger partial charge in [-0.15, -0.1) is 0 Å². The molecule has 194 valence electrons. The van der Waals surface area contributed by atoms with E-state index in [9.17, 15) is 35.5 Å². The summed E-state index contributed by atoms with van der Waals surface area (Å²) in [6.07, 6.45) is -13.8. The number of rotatable bonds is 6. The number of nitriles is 1. The van der Waals surface area contributed by atoms with Crippen LogP contribution in [0.25, 0.3) is 0 Å². The maximum Gasteiger partial charge on any atom is 0.435 e. The largest absolute Gasteiger partial charge is 0.435 e. The zero-order valence-corrected chi connectivity index (χ0v) is 19.7. The SMILES string of the molecule is Cc1cc(C(F)(C(F)(F)F)C(F)(F)F)ccc1NC(=O)c1cccc(Cl)c1C1OC1NC(C)(C)C#N. The summed E-state index contributed by atoms with van der Waals surface area (Å²) in [4.78, 5) is 13.0. The van der Waals surface area contributed by atoms with Crippen LogP contribution in [0.3, 0.4) is 0 Å². The number of alkyl halides is 7. The fraction of sp³-hybridized carbons (Fsp3) is 0.391. The lowest BCUT2D eigenvalue weighted by atomic mass is 9.92. The standard InChI is InChI=1S/C23H19ClF7N3O2/c1-11-9-12(21(25,22(26,27)28)23(29,30)31)7-8-15(11)33-18(35)13-5-4-6-14(24)16(13)17-19(36-17)34-20(2,3)10-32/h4-9,17,19,34H,1-3H3,(H,33,35). The first-order valence-corrected chi connectivity index (χ1v) is 10.7. The van der Waals surface area contributed by atoms with Gasteiger partial charge in [0.25, 0.3) is 5.91 Å². The van der Waals surface area contributed by atoms with Crippen molar-refractivity contribution in [3.05, 3.63) is 63.7 Å². The minimum Gasteiger partial charge on any atom is -0.348 e. The summed E-state index contributed by atoms with van der Waals surface area (Å²) in [5.41, 5.74) is -8.27. The molecule has 1 fully saturated rings. The Kier molecular flexibility index (Phi) is 7.09. The van der Waals surface area contributed by atoms with E-state index in [1.54, 1.807) is 13.8 Å². The van der Waals surface area contributed by atoms with Crippen LogP contribution >= 0.6 is 11.6 Å². The van der Waals surface area contributed by atoms with E-state index < -0.39 is 47.4 Å². The van der Waals surface area contributed by atoms with Gasteiger partial charge in [0, 0.05) is 27.4 Å². The first-order valence-electron chi connectivity index (χ1n) is 10.3. The summed E-state index contributed by atoms with van der Waals surface area (Å²) in [5.74, 6) is -0.782. The number of benzene rings is 2. The Hall–Kier alpha value is -2.88. The van der Waals surface area contributed by atoms with Crippen LogP contribution in [0.15, 0.2) is 36.4 Å². The first-order chi connectivity index (χ1) is 16.4. The number of hydrogen-bond acceptors (Lipinski definition) is 4. The highest BCUT2D eigenvalue weighted by Crippen LogP contribution is 2.53. The topological polar surface area (TPSA) is 77.5 Å². The number of amides is 1. The molecule has 1 heterocycles. The molecule has 0 aliphatic carbocycles. The van der Waals surface area contributed by atoms with Crippen molar-refractivity contribution >= 4 is 23.2 Å².